The van der Waals surface area contributed by atoms with E-state index in [4.69, 9.17) is 0 Å². The van der Waals surface area contributed by atoms with Crippen molar-refractivity contribution in [3.63, 3.8) is 0 Å². The molecule has 1 aromatic rings. The van der Waals surface area contributed by atoms with Gasteiger partial charge in [0.15, 0.2) is 5.96 Å². The Kier molecular flexibility index (Phi) is 7.80. The molecule has 6 nitrogen and oxygen atoms in total. The molecule has 2 heterocycles. The zero-order valence-corrected chi connectivity index (χ0v) is 18.3. The Morgan fingerprint density at radius 1 is 1.10 bits per heavy atom. The maximum atomic E-state index is 12.9. The van der Waals surface area contributed by atoms with Gasteiger partial charge in [0, 0.05) is 45.8 Å². The van der Waals surface area contributed by atoms with Crippen molar-refractivity contribution in [2.24, 2.45) is 4.99 Å². The lowest BCUT2D eigenvalue weighted by Gasteiger charge is -2.39. The summed E-state index contributed by atoms with van der Waals surface area (Å²) in [6, 6.07) is 5.16. The summed E-state index contributed by atoms with van der Waals surface area (Å²) in [5, 5.41) is 3.24. The molecule has 1 aromatic carbocycles. The number of piperazine rings is 1. The van der Waals surface area contributed by atoms with Crippen molar-refractivity contribution in [1.29, 1.82) is 0 Å². The van der Waals surface area contributed by atoms with Gasteiger partial charge in [0.25, 0.3) is 0 Å². The molecule has 0 bridgehead atoms. The second-order valence-electron chi connectivity index (χ2n) is 8.10. The van der Waals surface area contributed by atoms with E-state index in [1.807, 2.05) is 18.7 Å². The standard InChI is InChI=1S/C22H32F3N5O/c1-3-26-21(27-16-18-7-6-8-19(15-18)22(23,24)25)30-13-11-28(12-14-30)17(2)20(31)29-9-4-5-10-29/h6-8,15,17H,3-5,9-14,16H2,1-2H3,(H,26,27). The predicted molar refractivity (Wildman–Crippen MR) is 115 cm³/mol. The highest BCUT2D eigenvalue weighted by atomic mass is 19.4. The number of guanidine groups is 1. The number of hydrogen-bond donors (Lipinski definition) is 1. The van der Waals surface area contributed by atoms with Crippen LogP contribution < -0.4 is 5.32 Å². The number of benzene rings is 1. The maximum absolute atomic E-state index is 12.9. The number of likely N-dealkylation sites (tertiary alicyclic amines) is 1. The normalized spacial score (nSPS) is 19.6. The minimum Gasteiger partial charge on any atom is -0.357 e. The van der Waals surface area contributed by atoms with Gasteiger partial charge in [-0.15, -0.1) is 0 Å². The second kappa shape index (κ2) is 10.3. The van der Waals surface area contributed by atoms with Gasteiger partial charge in [-0.25, -0.2) is 4.99 Å². The van der Waals surface area contributed by atoms with Crippen LogP contribution in [0.4, 0.5) is 13.2 Å². The predicted octanol–water partition coefficient (Wildman–Crippen LogP) is 2.80. The van der Waals surface area contributed by atoms with Crippen LogP contribution in [0.5, 0.6) is 0 Å². The van der Waals surface area contributed by atoms with Crippen molar-refractivity contribution in [3.05, 3.63) is 35.4 Å². The third kappa shape index (κ3) is 6.12. The lowest BCUT2D eigenvalue weighted by molar-refractivity contribution is -0.137. The van der Waals surface area contributed by atoms with E-state index in [2.05, 4.69) is 20.1 Å². The first-order valence-electron chi connectivity index (χ1n) is 11.0. The number of carbonyl (C=O) groups is 1. The van der Waals surface area contributed by atoms with Gasteiger partial charge in [0.2, 0.25) is 5.91 Å². The highest BCUT2D eigenvalue weighted by Crippen LogP contribution is 2.29. The molecule has 0 radical (unpaired) electrons. The Labute approximate surface area is 182 Å². The molecular formula is C22H32F3N5O. The highest BCUT2D eigenvalue weighted by molar-refractivity contribution is 5.82. The molecule has 31 heavy (non-hydrogen) atoms. The fourth-order valence-electron chi connectivity index (χ4n) is 4.12. The topological polar surface area (TPSA) is 51.2 Å². The molecule has 1 atom stereocenters. The number of nitrogens with one attached hydrogen (secondary N) is 1. The Bertz CT molecular complexity index is 769. The fraction of sp³-hybridized carbons (Fsp3) is 0.636. The molecule has 1 unspecified atom stereocenters. The number of rotatable bonds is 5. The second-order valence-corrected chi connectivity index (χ2v) is 8.10. The molecular weight excluding hydrogens is 407 g/mol. The van der Waals surface area contributed by atoms with Crippen LogP contribution >= 0.6 is 0 Å². The quantitative estimate of drug-likeness (QED) is 0.566. The Morgan fingerprint density at radius 2 is 1.77 bits per heavy atom. The van der Waals surface area contributed by atoms with Gasteiger partial charge in [-0.05, 0) is 44.4 Å². The van der Waals surface area contributed by atoms with E-state index < -0.39 is 11.7 Å². The first kappa shape index (κ1) is 23.4. The summed E-state index contributed by atoms with van der Waals surface area (Å²) in [5.41, 5.74) is -0.135. The number of hydrogen-bond acceptors (Lipinski definition) is 3. The largest absolute Gasteiger partial charge is 0.416 e. The monoisotopic (exact) mass is 439 g/mol. The Morgan fingerprint density at radius 3 is 2.39 bits per heavy atom. The fourth-order valence-corrected chi connectivity index (χ4v) is 4.12. The van der Waals surface area contributed by atoms with Crippen molar-refractivity contribution in [1.82, 2.24) is 20.0 Å². The molecule has 3 rings (SSSR count). The number of halogens is 3. The number of nitrogens with zero attached hydrogens (tertiary/aromatic N) is 4. The highest BCUT2D eigenvalue weighted by Gasteiger charge is 2.31. The summed E-state index contributed by atoms with van der Waals surface area (Å²) < 4.78 is 38.8. The molecule has 2 aliphatic heterocycles. The van der Waals surface area contributed by atoms with E-state index in [-0.39, 0.29) is 18.5 Å². The van der Waals surface area contributed by atoms with Gasteiger partial charge in [0.1, 0.15) is 0 Å². The van der Waals surface area contributed by atoms with Gasteiger partial charge in [-0.2, -0.15) is 13.2 Å². The SMILES string of the molecule is CCNC(=NCc1cccc(C(F)(F)F)c1)N1CCN(C(C)C(=O)N2CCCC2)CC1. The molecule has 2 aliphatic rings. The first-order chi connectivity index (χ1) is 14.8. The molecule has 0 spiro atoms. The van der Waals surface area contributed by atoms with E-state index in [0.717, 1.165) is 51.2 Å². The van der Waals surface area contributed by atoms with Crippen molar-refractivity contribution >= 4 is 11.9 Å². The lowest BCUT2D eigenvalue weighted by atomic mass is 10.1. The minimum atomic E-state index is -4.36. The van der Waals surface area contributed by atoms with Crippen LogP contribution in [-0.2, 0) is 17.5 Å². The zero-order chi connectivity index (χ0) is 22.4. The third-order valence-corrected chi connectivity index (χ3v) is 5.94. The van der Waals surface area contributed by atoms with Crippen molar-refractivity contribution in [2.75, 3.05) is 45.8 Å². The van der Waals surface area contributed by atoms with Crippen molar-refractivity contribution in [3.8, 4) is 0 Å². The van der Waals surface area contributed by atoms with Crippen LogP contribution in [0.3, 0.4) is 0 Å². The maximum Gasteiger partial charge on any atom is 0.416 e. The summed E-state index contributed by atoms with van der Waals surface area (Å²) in [6.45, 7) is 9.42. The molecule has 172 valence electrons. The van der Waals surface area contributed by atoms with Gasteiger partial charge in [-0.3, -0.25) is 9.69 Å². The zero-order valence-electron chi connectivity index (χ0n) is 18.3. The summed E-state index contributed by atoms with van der Waals surface area (Å²) in [5.74, 6) is 0.897. The number of amides is 1. The molecule has 9 heteroatoms. The van der Waals surface area contributed by atoms with E-state index in [0.29, 0.717) is 31.2 Å². The summed E-state index contributed by atoms with van der Waals surface area (Å²) in [6.07, 6.45) is -2.19. The van der Waals surface area contributed by atoms with E-state index in [9.17, 15) is 18.0 Å². The Hall–Kier alpha value is -2.29. The third-order valence-electron chi connectivity index (χ3n) is 5.94. The van der Waals surface area contributed by atoms with Crippen LogP contribution in [0.15, 0.2) is 29.3 Å². The van der Waals surface area contributed by atoms with Gasteiger partial charge < -0.3 is 15.1 Å². The lowest BCUT2D eigenvalue weighted by Crippen LogP contribution is -2.57. The molecule has 2 saturated heterocycles. The number of aliphatic imine (C=N–C) groups is 1. The van der Waals surface area contributed by atoms with Crippen LogP contribution in [0.1, 0.15) is 37.8 Å². The van der Waals surface area contributed by atoms with E-state index in [1.54, 1.807) is 6.07 Å². The van der Waals surface area contributed by atoms with Crippen molar-refractivity contribution in [2.45, 2.75) is 45.5 Å². The molecule has 0 aromatic heterocycles. The van der Waals surface area contributed by atoms with Gasteiger partial charge in [-0.1, -0.05) is 12.1 Å². The number of carbonyl (C=O) groups excluding carboxylic acids is 1. The first-order valence-corrected chi connectivity index (χ1v) is 11.0. The smallest absolute Gasteiger partial charge is 0.357 e. The number of alkyl halides is 3. The summed E-state index contributed by atoms with van der Waals surface area (Å²) >= 11 is 0. The summed E-state index contributed by atoms with van der Waals surface area (Å²) in [4.78, 5) is 23.5. The van der Waals surface area contributed by atoms with Crippen LogP contribution in [-0.4, -0.2) is 78.4 Å². The minimum absolute atomic E-state index is 0.134. The molecule has 0 saturated carbocycles. The average molecular weight is 440 g/mol. The molecule has 1 N–H and O–H groups in total. The summed E-state index contributed by atoms with van der Waals surface area (Å²) in [7, 11) is 0. The van der Waals surface area contributed by atoms with Gasteiger partial charge in [0.05, 0.1) is 18.2 Å². The van der Waals surface area contributed by atoms with Crippen molar-refractivity contribution < 1.29 is 18.0 Å². The molecule has 2 fully saturated rings. The Balaban J connectivity index is 1.59. The molecule has 1 amide bonds. The van der Waals surface area contributed by atoms with Gasteiger partial charge >= 0.3 is 6.18 Å². The molecule has 0 aliphatic carbocycles. The van der Waals surface area contributed by atoms with Crippen LogP contribution in [0.25, 0.3) is 0 Å². The van der Waals surface area contributed by atoms with E-state index >= 15 is 0 Å². The average Bonchev–Trinajstić information content (AvgIpc) is 3.30. The van der Waals surface area contributed by atoms with Crippen LogP contribution in [0.2, 0.25) is 0 Å². The van der Waals surface area contributed by atoms with Crippen LogP contribution in [0, 0.1) is 0 Å². The van der Waals surface area contributed by atoms with E-state index in [1.165, 1.54) is 6.07 Å².